The lowest BCUT2D eigenvalue weighted by atomic mass is 10.1. The zero-order valence-corrected chi connectivity index (χ0v) is 18.1. The summed E-state index contributed by atoms with van der Waals surface area (Å²) in [5, 5.41) is 3.58. The summed E-state index contributed by atoms with van der Waals surface area (Å²) in [5.74, 6) is -0.104. The van der Waals surface area contributed by atoms with Gasteiger partial charge in [-0.3, -0.25) is 24.8 Å². The Kier molecular flexibility index (Phi) is 5.25. The standard InChI is InChI=1S/C24H29N5O2/c1-17-9-6-7-12-19(17)16-29-22(30)20-21(26(2)24(29)31)25-23-27(13-8-14-28(20)23)15-18-10-4-3-5-11-18/h3-7,9-12,20-21,23,25H,8,13-16H2,1-2H3. The van der Waals surface area contributed by atoms with Crippen LogP contribution in [0.15, 0.2) is 54.6 Å². The predicted octanol–water partition coefficient (Wildman–Crippen LogP) is 2.18. The molecule has 2 aromatic rings. The number of carbonyl (C=O) groups excluding carboxylic acids is 2. The van der Waals surface area contributed by atoms with Gasteiger partial charge in [-0.05, 0) is 30.0 Å². The molecule has 1 N–H and O–H groups in total. The van der Waals surface area contributed by atoms with Gasteiger partial charge < -0.3 is 4.90 Å². The molecule has 3 saturated heterocycles. The van der Waals surface area contributed by atoms with Crippen LogP contribution >= 0.6 is 0 Å². The monoisotopic (exact) mass is 419 g/mol. The fourth-order valence-corrected chi connectivity index (χ4v) is 5.08. The van der Waals surface area contributed by atoms with E-state index in [0.717, 1.165) is 37.2 Å². The highest BCUT2D eigenvalue weighted by atomic mass is 16.2. The molecular weight excluding hydrogens is 390 g/mol. The molecule has 3 amide bonds. The first-order valence-electron chi connectivity index (χ1n) is 11.0. The minimum Gasteiger partial charge on any atom is -0.310 e. The maximum atomic E-state index is 13.6. The lowest BCUT2D eigenvalue weighted by Gasteiger charge is -2.43. The van der Waals surface area contributed by atoms with E-state index in [0.29, 0.717) is 6.54 Å². The molecule has 2 aromatic carbocycles. The summed E-state index contributed by atoms with van der Waals surface area (Å²) in [4.78, 5) is 34.4. The van der Waals surface area contributed by atoms with Gasteiger partial charge in [-0.25, -0.2) is 4.79 Å². The second-order valence-corrected chi connectivity index (χ2v) is 8.72. The third-order valence-electron chi connectivity index (χ3n) is 6.78. The number of amides is 3. The second kappa shape index (κ2) is 8.07. The fraction of sp³-hybridized carbons (Fsp3) is 0.417. The van der Waals surface area contributed by atoms with Crippen LogP contribution < -0.4 is 5.32 Å². The van der Waals surface area contributed by atoms with Crippen LogP contribution in [0.25, 0.3) is 0 Å². The van der Waals surface area contributed by atoms with Crippen LogP contribution in [0, 0.1) is 6.92 Å². The van der Waals surface area contributed by atoms with Crippen molar-refractivity contribution in [2.75, 3.05) is 20.1 Å². The molecule has 3 aliphatic rings. The van der Waals surface area contributed by atoms with Gasteiger partial charge in [0.05, 0.1) is 6.54 Å². The summed E-state index contributed by atoms with van der Waals surface area (Å²) in [7, 11) is 1.80. The van der Waals surface area contributed by atoms with E-state index in [1.54, 1.807) is 11.9 Å². The second-order valence-electron chi connectivity index (χ2n) is 8.72. The van der Waals surface area contributed by atoms with Crippen molar-refractivity contribution in [1.29, 1.82) is 0 Å². The highest BCUT2D eigenvalue weighted by Crippen LogP contribution is 2.32. The molecular formula is C24H29N5O2. The molecule has 0 spiro atoms. The average molecular weight is 420 g/mol. The van der Waals surface area contributed by atoms with E-state index in [9.17, 15) is 9.59 Å². The first-order valence-corrected chi connectivity index (χ1v) is 11.0. The summed E-state index contributed by atoms with van der Waals surface area (Å²) >= 11 is 0. The molecule has 3 heterocycles. The zero-order valence-electron chi connectivity index (χ0n) is 18.1. The number of hydrogen-bond acceptors (Lipinski definition) is 5. The average Bonchev–Trinajstić information content (AvgIpc) is 3.18. The Labute approximate surface area is 183 Å². The number of aryl methyl sites for hydroxylation is 1. The summed E-state index contributed by atoms with van der Waals surface area (Å²) in [6.07, 6.45) is 0.632. The number of carbonyl (C=O) groups is 2. The number of benzene rings is 2. The SMILES string of the molecule is Cc1ccccc1CN1C(=O)C2C(NC3N(Cc4ccccc4)CCCN23)N(C)C1=O. The summed E-state index contributed by atoms with van der Waals surface area (Å²) in [5.41, 5.74) is 3.34. The Morgan fingerprint density at radius 3 is 2.48 bits per heavy atom. The van der Waals surface area contributed by atoms with Crippen molar-refractivity contribution in [1.82, 2.24) is 24.9 Å². The number of hydrogen-bond donors (Lipinski definition) is 1. The molecule has 3 fully saturated rings. The van der Waals surface area contributed by atoms with Crippen LogP contribution in [0.1, 0.15) is 23.1 Å². The normalized spacial score (nSPS) is 26.8. The van der Waals surface area contributed by atoms with Gasteiger partial charge in [-0.2, -0.15) is 0 Å². The lowest BCUT2D eigenvalue weighted by Crippen LogP contribution is -2.66. The maximum absolute atomic E-state index is 13.6. The van der Waals surface area contributed by atoms with E-state index in [1.165, 1.54) is 10.5 Å². The summed E-state index contributed by atoms with van der Waals surface area (Å²) in [6, 6.07) is 17.7. The molecule has 7 heteroatoms. The van der Waals surface area contributed by atoms with Gasteiger partial charge >= 0.3 is 6.03 Å². The Hall–Kier alpha value is -2.74. The Morgan fingerprint density at radius 2 is 1.71 bits per heavy atom. The number of nitrogens with zero attached hydrogens (tertiary/aromatic N) is 4. The summed E-state index contributed by atoms with van der Waals surface area (Å²) < 4.78 is 0. The molecule has 0 saturated carbocycles. The molecule has 3 unspecified atom stereocenters. The van der Waals surface area contributed by atoms with Crippen molar-refractivity contribution in [2.45, 2.75) is 44.9 Å². The smallest absolute Gasteiger partial charge is 0.310 e. The third-order valence-corrected chi connectivity index (χ3v) is 6.78. The van der Waals surface area contributed by atoms with Crippen molar-refractivity contribution < 1.29 is 9.59 Å². The van der Waals surface area contributed by atoms with Gasteiger partial charge in [0.15, 0.2) is 0 Å². The Morgan fingerprint density at radius 1 is 0.968 bits per heavy atom. The molecule has 7 nitrogen and oxygen atoms in total. The molecule has 0 radical (unpaired) electrons. The van der Waals surface area contributed by atoms with Crippen molar-refractivity contribution in [3.8, 4) is 0 Å². The van der Waals surface area contributed by atoms with Crippen LogP contribution in [0.2, 0.25) is 0 Å². The van der Waals surface area contributed by atoms with E-state index in [2.05, 4.69) is 39.4 Å². The molecule has 0 aromatic heterocycles. The van der Waals surface area contributed by atoms with Crippen LogP contribution in [0.3, 0.4) is 0 Å². The molecule has 31 heavy (non-hydrogen) atoms. The van der Waals surface area contributed by atoms with E-state index >= 15 is 0 Å². The van der Waals surface area contributed by atoms with E-state index in [1.807, 2.05) is 37.3 Å². The van der Waals surface area contributed by atoms with Crippen molar-refractivity contribution in [3.05, 3.63) is 71.3 Å². The number of nitrogens with one attached hydrogen (secondary N) is 1. The quantitative estimate of drug-likeness (QED) is 0.823. The van der Waals surface area contributed by atoms with E-state index in [-0.39, 0.29) is 30.4 Å². The first-order chi connectivity index (χ1) is 15.0. The molecule has 3 aliphatic heterocycles. The molecule has 3 atom stereocenters. The van der Waals surface area contributed by atoms with Crippen molar-refractivity contribution in [3.63, 3.8) is 0 Å². The predicted molar refractivity (Wildman–Crippen MR) is 118 cm³/mol. The number of imide groups is 1. The number of rotatable bonds is 4. The maximum Gasteiger partial charge on any atom is 0.328 e. The zero-order chi connectivity index (χ0) is 21.5. The Bertz CT molecular complexity index is 981. The number of urea groups is 1. The van der Waals surface area contributed by atoms with Crippen LogP contribution in [0.5, 0.6) is 0 Å². The largest absolute Gasteiger partial charge is 0.328 e. The van der Waals surface area contributed by atoms with Crippen molar-refractivity contribution in [2.24, 2.45) is 0 Å². The van der Waals surface area contributed by atoms with E-state index < -0.39 is 0 Å². The highest BCUT2D eigenvalue weighted by Gasteiger charge is 2.55. The van der Waals surface area contributed by atoms with Crippen molar-refractivity contribution >= 4 is 11.9 Å². The topological polar surface area (TPSA) is 59.1 Å². The van der Waals surface area contributed by atoms with Gasteiger partial charge in [0, 0.05) is 26.7 Å². The lowest BCUT2D eigenvalue weighted by molar-refractivity contribution is -0.140. The third kappa shape index (κ3) is 3.52. The van der Waals surface area contributed by atoms with E-state index in [4.69, 9.17) is 0 Å². The molecule has 162 valence electrons. The van der Waals surface area contributed by atoms with Crippen LogP contribution in [-0.4, -0.2) is 70.2 Å². The Balaban J connectivity index is 1.40. The number of fused-ring (bicyclic) bond motifs is 3. The molecule has 0 bridgehead atoms. The molecule has 0 aliphatic carbocycles. The highest BCUT2D eigenvalue weighted by molar-refractivity contribution is 6.00. The van der Waals surface area contributed by atoms with Crippen LogP contribution in [0.4, 0.5) is 4.79 Å². The minimum atomic E-state index is -0.365. The fourth-order valence-electron chi connectivity index (χ4n) is 5.08. The van der Waals surface area contributed by atoms with Gasteiger partial charge in [-0.15, -0.1) is 0 Å². The van der Waals surface area contributed by atoms with Gasteiger partial charge in [0.25, 0.3) is 5.91 Å². The van der Waals surface area contributed by atoms with Gasteiger partial charge in [0.2, 0.25) is 0 Å². The van der Waals surface area contributed by atoms with Gasteiger partial charge in [0.1, 0.15) is 18.5 Å². The minimum absolute atomic E-state index is 0.0541. The first kappa shape index (κ1) is 20.2. The van der Waals surface area contributed by atoms with Gasteiger partial charge in [-0.1, -0.05) is 54.6 Å². The molecule has 5 rings (SSSR count). The number of likely N-dealkylation sites (N-methyl/N-ethyl adjacent to an activating group) is 1. The summed E-state index contributed by atoms with van der Waals surface area (Å²) in [6.45, 7) is 4.94. The van der Waals surface area contributed by atoms with Crippen LogP contribution in [-0.2, 0) is 17.9 Å².